The molecular weight excluding hydrogens is 214 g/mol. The topological polar surface area (TPSA) is 67.3 Å². The molecule has 88 valence electrons. The number of tetrazole rings is 1. The summed E-state index contributed by atoms with van der Waals surface area (Å²) in [4.78, 5) is 4.46. The van der Waals surface area contributed by atoms with Crippen LogP contribution in [0.25, 0.3) is 11.4 Å². The quantitative estimate of drug-likeness (QED) is 0.812. The molecule has 2 heterocycles. The van der Waals surface area contributed by atoms with Crippen LogP contribution in [-0.4, -0.2) is 25.6 Å². The van der Waals surface area contributed by atoms with E-state index in [1.165, 1.54) is 24.0 Å². The summed E-state index contributed by atoms with van der Waals surface area (Å²) < 4.78 is 0. The Morgan fingerprint density at radius 1 is 1.41 bits per heavy atom. The predicted octanol–water partition coefficient (Wildman–Crippen LogP) is 2.01. The fourth-order valence-electron chi connectivity index (χ4n) is 2.72. The Kier molecular flexibility index (Phi) is 2.39. The zero-order chi connectivity index (χ0) is 11.8. The molecule has 1 aliphatic carbocycles. The molecule has 1 aliphatic rings. The largest absolute Gasteiger partial charge is 0.261 e. The smallest absolute Gasteiger partial charge is 0.206 e. The van der Waals surface area contributed by atoms with Gasteiger partial charge in [0.1, 0.15) is 0 Å². The third-order valence-electron chi connectivity index (χ3n) is 3.54. The van der Waals surface area contributed by atoms with Crippen LogP contribution in [0.3, 0.4) is 0 Å². The molecule has 1 atom stereocenters. The van der Waals surface area contributed by atoms with Gasteiger partial charge in [-0.2, -0.15) is 5.21 Å². The van der Waals surface area contributed by atoms with Crippen molar-refractivity contribution in [3.05, 3.63) is 23.0 Å². The number of H-pyrrole nitrogens is 1. The highest BCUT2D eigenvalue weighted by molar-refractivity contribution is 5.65. The van der Waals surface area contributed by atoms with Crippen LogP contribution in [0, 0.1) is 6.92 Å². The number of hydrogen-bond acceptors (Lipinski definition) is 4. The SMILES string of the molecule is Cc1ncc2c(c1-c1nn[nH]n1)[C@@H](C)CCC2. The normalized spacial score (nSPS) is 19.1. The van der Waals surface area contributed by atoms with E-state index in [2.05, 4.69) is 32.5 Å². The average molecular weight is 229 g/mol. The van der Waals surface area contributed by atoms with Crippen molar-refractivity contribution in [1.82, 2.24) is 25.6 Å². The zero-order valence-corrected chi connectivity index (χ0v) is 10.1. The summed E-state index contributed by atoms with van der Waals surface area (Å²) in [6.45, 7) is 4.27. The second-order valence-corrected chi connectivity index (χ2v) is 4.69. The Hall–Kier alpha value is -1.78. The molecule has 17 heavy (non-hydrogen) atoms. The van der Waals surface area contributed by atoms with Gasteiger partial charge >= 0.3 is 0 Å². The summed E-state index contributed by atoms with van der Waals surface area (Å²) in [6.07, 6.45) is 5.58. The summed E-state index contributed by atoms with van der Waals surface area (Å²) in [5.74, 6) is 1.22. The van der Waals surface area contributed by atoms with Gasteiger partial charge in [-0.05, 0) is 48.4 Å². The summed E-state index contributed by atoms with van der Waals surface area (Å²) >= 11 is 0. The van der Waals surface area contributed by atoms with Crippen LogP contribution in [0.2, 0.25) is 0 Å². The number of hydrogen-bond donors (Lipinski definition) is 1. The van der Waals surface area contributed by atoms with Gasteiger partial charge in [-0.1, -0.05) is 6.92 Å². The van der Waals surface area contributed by atoms with Crippen LogP contribution in [0.1, 0.15) is 42.5 Å². The van der Waals surface area contributed by atoms with Crippen LogP contribution in [0.5, 0.6) is 0 Å². The lowest BCUT2D eigenvalue weighted by molar-refractivity contribution is 0.588. The lowest BCUT2D eigenvalue weighted by Gasteiger charge is -2.24. The van der Waals surface area contributed by atoms with Gasteiger partial charge in [0.25, 0.3) is 0 Å². The van der Waals surface area contributed by atoms with Crippen molar-refractivity contribution in [2.45, 2.75) is 39.0 Å². The first kappa shape index (κ1) is 10.4. The third-order valence-corrected chi connectivity index (χ3v) is 3.54. The number of aryl methyl sites for hydroxylation is 2. The molecule has 3 rings (SSSR count). The Morgan fingerprint density at radius 3 is 3.06 bits per heavy atom. The van der Waals surface area contributed by atoms with Crippen molar-refractivity contribution < 1.29 is 0 Å². The Bertz CT molecular complexity index is 532. The van der Waals surface area contributed by atoms with Crippen LogP contribution >= 0.6 is 0 Å². The minimum absolute atomic E-state index is 0.550. The zero-order valence-electron chi connectivity index (χ0n) is 10.1. The molecule has 0 bridgehead atoms. The van der Waals surface area contributed by atoms with E-state index in [9.17, 15) is 0 Å². The number of rotatable bonds is 1. The minimum Gasteiger partial charge on any atom is -0.261 e. The number of nitrogens with one attached hydrogen (secondary N) is 1. The van der Waals surface area contributed by atoms with Crippen molar-refractivity contribution in [2.75, 3.05) is 0 Å². The molecule has 0 amide bonds. The molecule has 5 nitrogen and oxygen atoms in total. The lowest BCUT2D eigenvalue weighted by atomic mass is 9.81. The maximum atomic E-state index is 4.46. The monoisotopic (exact) mass is 229 g/mol. The molecule has 5 heteroatoms. The summed E-state index contributed by atoms with van der Waals surface area (Å²) in [5, 5.41) is 14.4. The van der Waals surface area contributed by atoms with Crippen LogP contribution in [-0.2, 0) is 6.42 Å². The van der Waals surface area contributed by atoms with E-state index in [1.807, 2.05) is 13.1 Å². The second-order valence-electron chi connectivity index (χ2n) is 4.69. The second kappa shape index (κ2) is 3.91. The van der Waals surface area contributed by atoms with E-state index >= 15 is 0 Å². The number of pyridine rings is 1. The average Bonchev–Trinajstić information content (AvgIpc) is 2.83. The van der Waals surface area contributed by atoms with Gasteiger partial charge in [0.15, 0.2) is 0 Å². The number of fused-ring (bicyclic) bond motifs is 1. The molecule has 0 spiro atoms. The Balaban J connectivity index is 2.26. The summed E-state index contributed by atoms with van der Waals surface area (Å²) in [6, 6.07) is 0. The molecule has 1 N–H and O–H groups in total. The fraction of sp³-hybridized carbons (Fsp3) is 0.500. The minimum atomic E-state index is 0.550. The number of nitrogens with zero attached hydrogens (tertiary/aromatic N) is 4. The van der Waals surface area contributed by atoms with Gasteiger partial charge in [0.2, 0.25) is 5.82 Å². The van der Waals surface area contributed by atoms with Crippen molar-refractivity contribution in [3.63, 3.8) is 0 Å². The number of aromatic amines is 1. The molecule has 2 aromatic heterocycles. The van der Waals surface area contributed by atoms with E-state index in [-0.39, 0.29) is 0 Å². The standard InChI is InChI=1S/C12H15N5/c1-7-4-3-5-9-6-13-8(2)11(10(7)9)12-14-16-17-15-12/h6-7H,3-5H2,1-2H3,(H,14,15,16,17)/t7-/m0/s1. The first-order valence-electron chi connectivity index (χ1n) is 5.99. The van der Waals surface area contributed by atoms with Gasteiger partial charge < -0.3 is 0 Å². The Morgan fingerprint density at radius 2 is 2.29 bits per heavy atom. The predicted molar refractivity (Wildman–Crippen MR) is 63.5 cm³/mol. The van der Waals surface area contributed by atoms with Gasteiger partial charge in [-0.15, -0.1) is 10.2 Å². The summed E-state index contributed by atoms with van der Waals surface area (Å²) in [7, 11) is 0. The molecule has 0 unspecified atom stereocenters. The van der Waals surface area contributed by atoms with E-state index < -0.39 is 0 Å². The fourth-order valence-corrected chi connectivity index (χ4v) is 2.72. The van der Waals surface area contributed by atoms with Crippen LogP contribution in [0.15, 0.2) is 6.20 Å². The maximum Gasteiger partial charge on any atom is 0.206 e. The van der Waals surface area contributed by atoms with Crippen molar-refractivity contribution in [3.8, 4) is 11.4 Å². The van der Waals surface area contributed by atoms with Gasteiger partial charge in [-0.3, -0.25) is 4.98 Å². The van der Waals surface area contributed by atoms with Crippen LogP contribution in [0.4, 0.5) is 0 Å². The molecule has 0 fully saturated rings. The van der Waals surface area contributed by atoms with Crippen LogP contribution < -0.4 is 0 Å². The lowest BCUT2D eigenvalue weighted by Crippen LogP contribution is -2.11. The third kappa shape index (κ3) is 1.62. The van der Waals surface area contributed by atoms with E-state index in [4.69, 9.17) is 0 Å². The molecule has 0 radical (unpaired) electrons. The summed E-state index contributed by atoms with van der Waals surface area (Å²) in [5.41, 5.74) is 4.77. The highest BCUT2D eigenvalue weighted by atomic mass is 15.5. The first-order valence-corrected chi connectivity index (χ1v) is 5.99. The first-order chi connectivity index (χ1) is 8.27. The Labute approximate surface area is 99.7 Å². The van der Waals surface area contributed by atoms with Crippen molar-refractivity contribution in [2.24, 2.45) is 0 Å². The molecule has 0 saturated carbocycles. The molecule has 2 aromatic rings. The molecule has 0 saturated heterocycles. The highest BCUT2D eigenvalue weighted by Crippen LogP contribution is 2.37. The van der Waals surface area contributed by atoms with Gasteiger partial charge in [0, 0.05) is 17.5 Å². The molecular formula is C12H15N5. The van der Waals surface area contributed by atoms with Gasteiger partial charge in [0.05, 0.1) is 0 Å². The maximum absolute atomic E-state index is 4.46. The van der Waals surface area contributed by atoms with Crippen molar-refractivity contribution >= 4 is 0 Å². The van der Waals surface area contributed by atoms with E-state index in [1.54, 1.807) is 0 Å². The van der Waals surface area contributed by atoms with Crippen molar-refractivity contribution in [1.29, 1.82) is 0 Å². The van der Waals surface area contributed by atoms with Gasteiger partial charge in [-0.25, -0.2) is 0 Å². The van der Waals surface area contributed by atoms with E-state index in [0.29, 0.717) is 11.7 Å². The highest BCUT2D eigenvalue weighted by Gasteiger charge is 2.24. The van der Waals surface area contributed by atoms with E-state index in [0.717, 1.165) is 17.7 Å². The number of aromatic nitrogens is 5. The molecule has 0 aromatic carbocycles. The molecule has 0 aliphatic heterocycles.